The highest BCUT2D eigenvalue weighted by molar-refractivity contribution is 7.21. The zero-order valence-electron chi connectivity index (χ0n) is 17.4. The summed E-state index contributed by atoms with van der Waals surface area (Å²) in [6.07, 6.45) is 5.80. The van der Waals surface area contributed by atoms with Crippen LogP contribution in [0.4, 0.5) is 11.4 Å². The van der Waals surface area contributed by atoms with E-state index in [2.05, 4.69) is 5.32 Å². The minimum absolute atomic E-state index is 0.217. The van der Waals surface area contributed by atoms with E-state index in [-0.39, 0.29) is 5.91 Å². The van der Waals surface area contributed by atoms with E-state index in [0.29, 0.717) is 10.6 Å². The average molecular weight is 440 g/mol. The highest BCUT2D eigenvalue weighted by atomic mass is 32.1. The number of nitrogens with zero attached hydrogens (tertiary/aromatic N) is 1. The molecule has 6 rings (SSSR count). The van der Waals surface area contributed by atoms with E-state index in [1.54, 1.807) is 6.26 Å². The van der Waals surface area contributed by atoms with Crippen molar-refractivity contribution in [3.05, 3.63) is 77.0 Å². The number of benzene rings is 2. The van der Waals surface area contributed by atoms with Crippen molar-refractivity contribution in [3.8, 4) is 11.3 Å². The number of amides is 1. The van der Waals surface area contributed by atoms with Crippen LogP contribution in [0.25, 0.3) is 32.3 Å². The van der Waals surface area contributed by atoms with Gasteiger partial charge in [0.05, 0.1) is 12.0 Å². The molecule has 0 saturated heterocycles. The largest absolute Gasteiger partial charge is 0.464 e. The van der Waals surface area contributed by atoms with Crippen molar-refractivity contribution in [3.63, 3.8) is 0 Å². The van der Waals surface area contributed by atoms with Crippen LogP contribution in [0, 0.1) is 0 Å². The molecule has 0 radical (unpaired) electrons. The van der Waals surface area contributed by atoms with E-state index < -0.39 is 0 Å². The molecule has 5 nitrogen and oxygen atoms in total. The first-order chi connectivity index (χ1) is 15.7. The molecule has 0 aliphatic heterocycles. The standard InChI is InChI=1S/C26H21N3O2S/c27-23-22-21(20-13-6-14-31-20)17-10-3-4-11-19(17)29-26(22)32-24(23)25(30)28-18-12-5-8-15-7-1-2-9-16(15)18/h1-2,5-9,12-14H,3-4,10-11,27H2,(H,28,30). The Kier molecular flexibility index (Phi) is 4.47. The first kappa shape index (κ1) is 19.1. The van der Waals surface area contributed by atoms with Gasteiger partial charge in [0.15, 0.2) is 0 Å². The van der Waals surface area contributed by atoms with Gasteiger partial charge in [-0.3, -0.25) is 4.79 Å². The molecule has 1 amide bonds. The summed E-state index contributed by atoms with van der Waals surface area (Å²) in [6, 6.07) is 17.7. The Morgan fingerprint density at radius 3 is 2.75 bits per heavy atom. The summed E-state index contributed by atoms with van der Waals surface area (Å²) in [5.74, 6) is 0.561. The van der Waals surface area contributed by atoms with Crippen LogP contribution >= 0.6 is 11.3 Å². The van der Waals surface area contributed by atoms with Crippen LogP contribution in [-0.4, -0.2) is 10.9 Å². The van der Waals surface area contributed by atoms with Gasteiger partial charge in [0.2, 0.25) is 0 Å². The summed E-state index contributed by atoms with van der Waals surface area (Å²) in [6.45, 7) is 0. The van der Waals surface area contributed by atoms with Crippen molar-refractivity contribution >= 4 is 49.6 Å². The van der Waals surface area contributed by atoms with Crippen molar-refractivity contribution in [1.29, 1.82) is 0 Å². The van der Waals surface area contributed by atoms with Gasteiger partial charge in [-0.25, -0.2) is 4.98 Å². The van der Waals surface area contributed by atoms with E-state index in [0.717, 1.165) is 69.4 Å². The van der Waals surface area contributed by atoms with Crippen LogP contribution in [0.1, 0.15) is 33.8 Å². The van der Waals surface area contributed by atoms with E-state index in [4.69, 9.17) is 15.1 Å². The SMILES string of the molecule is Nc1c(C(=O)Nc2cccc3ccccc23)sc2nc3c(c(-c4ccco4)c12)CCCC3. The minimum Gasteiger partial charge on any atom is -0.464 e. The topological polar surface area (TPSA) is 81.2 Å². The van der Waals surface area contributed by atoms with E-state index in [9.17, 15) is 4.79 Å². The van der Waals surface area contributed by atoms with Crippen LogP contribution in [0.2, 0.25) is 0 Å². The third-order valence-corrected chi connectivity index (χ3v) is 7.26. The Hall–Kier alpha value is -3.64. The fourth-order valence-corrected chi connectivity index (χ4v) is 5.70. The van der Waals surface area contributed by atoms with E-state index in [1.165, 1.54) is 16.9 Å². The number of thiophene rings is 1. The molecule has 1 aliphatic carbocycles. The molecule has 0 saturated carbocycles. The lowest BCUT2D eigenvalue weighted by molar-refractivity contribution is 0.103. The van der Waals surface area contributed by atoms with Gasteiger partial charge < -0.3 is 15.5 Å². The second kappa shape index (κ2) is 7.50. The molecule has 0 atom stereocenters. The summed E-state index contributed by atoms with van der Waals surface area (Å²) in [7, 11) is 0. The molecule has 0 spiro atoms. The molecule has 32 heavy (non-hydrogen) atoms. The van der Waals surface area contributed by atoms with Crippen molar-refractivity contribution in [2.75, 3.05) is 11.1 Å². The van der Waals surface area contributed by atoms with Crippen LogP contribution in [0.15, 0.2) is 65.3 Å². The Balaban J connectivity index is 1.50. The number of furan rings is 1. The smallest absolute Gasteiger partial charge is 0.267 e. The Morgan fingerprint density at radius 1 is 1.03 bits per heavy atom. The number of aryl methyl sites for hydroxylation is 1. The molecule has 3 aromatic heterocycles. The van der Waals surface area contributed by atoms with E-state index >= 15 is 0 Å². The van der Waals surface area contributed by atoms with Gasteiger partial charge in [-0.05, 0) is 54.8 Å². The van der Waals surface area contributed by atoms with Gasteiger partial charge in [0, 0.05) is 27.7 Å². The number of fused-ring (bicyclic) bond motifs is 3. The zero-order chi connectivity index (χ0) is 21.7. The molecular formula is C26H21N3O2S. The third-order valence-electron chi connectivity index (χ3n) is 6.17. The molecule has 5 aromatic rings. The van der Waals surface area contributed by atoms with Crippen LogP contribution in [0.5, 0.6) is 0 Å². The summed E-state index contributed by atoms with van der Waals surface area (Å²) in [4.78, 5) is 19.5. The monoisotopic (exact) mass is 439 g/mol. The fraction of sp³-hybridized carbons (Fsp3) is 0.154. The molecule has 1 aliphatic rings. The number of hydrogen-bond donors (Lipinski definition) is 2. The molecule has 3 heterocycles. The van der Waals surface area contributed by atoms with E-state index in [1.807, 2.05) is 54.6 Å². The lowest BCUT2D eigenvalue weighted by Crippen LogP contribution is -2.12. The molecular weight excluding hydrogens is 418 g/mol. The number of rotatable bonds is 3. The number of anilines is 2. The van der Waals surface area contributed by atoms with Gasteiger partial charge in [-0.2, -0.15) is 0 Å². The van der Waals surface area contributed by atoms with Crippen molar-refractivity contribution in [2.45, 2.75) is 25.7 Å². The molecule has 3 N–H and O–H groups in total. The quantitative estimate of drug-likeness (QED) is 0.340. The van der Waals surface area contributed by atoms with Crippen LogP contribution in [0.3, 0.4) is 0 Å². The maximum Gasteiger partial charge on any atom is 0.267 e. The molecule has 2 aromatic carbocycles. The summed E-state index contributed by atoms with van der Waals surface area (Å²) in [5.41, 5.74) is 11.1. The summed E-state index contributed by atoms with van der Waals surface area (Å²) >= 11 is 1.35. The Bertz CT molecular complexity index is 1480. The summed E-state index contributed by atoms with van der Waals surface area (Å²) < 4.78 is 5.78. The fourth-order valence-electron chi connectivity index (χ4n) is 4.68. The number of aromatic nitrogens is 1. The maximum atomic E-state index is 13.3. The summed E-state index contributed by atoms with van der Waals surface area (Å²) in [5, 5.41) is 5.96. The predicted octanol–water partition coefficient (Wildman–Crippen LogP) is 6.42. The number of nitrogens with one attached hydrogen (secondary N) is 1. The van der Waals surface area contributed by atoms with Crippen LogP contribution < -0.4 is 11.1 Å². The van der Waals surface area contributed by atoms with Gasteiger partial charge in [-0.1, -0.05) is 36.4 Å². The van der Waals surface area contributed by atoms with Crippen molar-refractivity contribution in [1.82, 2.24) is 4.98 Å². The predicted molar refractivity (Wildman–Crippen MR) is 130 cm³/mol. The zero-order valence-corrected chi connectivity index (χ0v) is 18.2. The number of nitrogen functional groups attached to an aromatic ring is 1. The van der Waals surface area contributed by atoms with Crippen molar-refractivity contribution in [2.24, 2.45) is 0 Å². The number of carbonyl (C=O) groups is 1. The second-order valence-corrected chi connectivity index (χ2v) is 9.10. The number of pyridine rings is 1. The highest BCUT2D eigenvalue weighted by Crippen LogP contribution is 2.44. The lowest BCUT2D eigenvalue weighted by Gasteiger charge is -2.18. The first-order valence-corrected chi connectivity index (χ1v) is 11.6. The second-order valence-electron chi connectivity index (χ2n) is 8.10. The number of nitrogens with two attached hydrogens (primary N) is 1. The highest BCUT2D eigenvalue weighted by Gasteiger charge is 2.27. The number of hydrogen-bond acceptors (Lipinski definition) is 5. The minimum atomic E-state index is -0.217. The Morgan fingerprint density at radius 2 is 1.88 bits per heavy atom. The number of carbonyl (C=O) groups excluding carboxylic acids is 1. The first-order valence-electron chi connectivity index (χ1n) is 10.8. The van der Waals surface area contributed by atoms with Gasteiger partial charge in [-0.15, -0.1) is 11.3 Å². The van der Waals surface area contributed by atoms with Crippen LogP contribution in [-0.2, 0) is 12.8 Å². The van der Waals surface area contributed by atoms with Gasteiger partial charge >= 0.3 is 0 Å². The Labute approximate surface area is 188 Å². The maximum absolute atomic E-state index is 13.3. The van der Waals surface area contributed by atoms with Gasteiger partial charge in [0.1, 0.15) is 15.5 Å². The average Bonchev–Trinajstić information content (AvgIpc) is 3.46. The molecule has 6 heteroatoms. The third kappa shape index (κ3) is 2.99. The molecule has 158 valence electrons. The lowest BCUT2D eigenvalue weighted by atomic mass is 9.89. The molecule has 0 unspecified atom stereocenters. The van der Waals surface area contributed by atoms with Gasteiger partial charge in [0.25, 0.3) is 5.91 Å². The normalized spacial score (nSPS) is 13.4. The van der Waals surface area contributed by atoms with Crippen molar-refractivity contribution < 1.29 is 9.21 Å². The molecule has 0 fully saturated rings. The molecule has 0 bridgehead atoms.